The van der Waals surface area contributed by atoms with E-state index >= 15 is 0 Å². The van der Waals surface area contributed by atoms with Gasteiger partial charge in [-0.3, -0.25) is 9.59 Å². The van der Waals surface area contributed by atoms with Crippen molar-refractivity contribution in [1.82, 2.24) is 0 Å². The number of nitrogens with one attached hydrogen (secondary N) is 1. The number of carbonyl (C=O) groups excluding carboxylic acids is 2. The molecule has 0 aromatic heterocycles. The van der Waals surface area contributed by atoms with E-state index in [1.165, 1.54) is 24.8 Å². The molecule has 1 saturated carbocycles. The number of hydrogen-bond donors (Lipinski definition) is 1. The van der Waals surface area contributed by atoms with E-state index in [9.17, 15) is 9.59 Å². The lowest BCUT2D eigenvalue weighted by Crippen LogP contribution is -2.35. The van der Waals surface area contributed by atoms with E-state index < -0.39 is 0 Å². The second kappa shape index (κ2) is 8.59. The molecular weight excluding hydrogens is 348 g/mol. The average Bonchev–Trinajstić information content (AvgIpc) is 2.74. The zero-order valence-corrected chi connectivity index (χ0v) is 16.3. The minimum Gasteiger partial charge on any atom is -0.326 e. The number of amides is 2. The minimum atomic E-state index is 0.0206. The summed E-state index contributed by atoms with van der Waals surface area (Å²) in [6.07, 6.45) is 8.73. The molecule has 1 aliphatic carbocycles. The first-order valence-corrected chi connectivity index (χ1v) is 10.5. The predicted octanol–water partition coefficient (Wildman–Crippen LogP) is 5.19. The van der Waals surface area contributed by atoms with E-state index in [2.05, 4.69) is 11.4 Å². The van der Waals surface area contributed by atoms with Crippen LogP contribution in [0.4, 0.5) is 11.4 Å². The third kappa shape index (κ3) is 4.27. The molecule has 0 unspecified atom stereocenters. The monoisotopic (exact) mass is 376 g/mol. The van der Waals surface area contributed by atoms with E-state index in [1.54, 1.807) is 0 Å². The van der Waals surface area contributed by atoms with Gasteiger partial charge in [-0.05, 0) is 67.5 Å². The van der Waals surface area contributed by atoms with Crippen molar-refractivity contribution in [1.29, 1.82) is 0 Å². The Bertz CT molecular complexity index is 838. The van der Waals surface area contributed by atoms with Crippen LogP contribution in [-0.2, 0) is 11.2 Å². The average molecular weight is 377 g/mol. The van der Waals surface area contributed by atoms with Crippen molar-refractivity contribution in [3.63, 3.8) is 0 Å². The van der Waals surface area contributed by atoms with E-state index in [0.29, 0.717) is 17.9 Å². The van der Waals surface area contributed by atoms with Crippen molar-refractivity contribution in [3.05, 3.63) is 59.7 Å². The second-order valence-corrected chi connectivity index (χ2v) is 8.02. The van der Waals surface area contributed by atoms with Gasteiger partial charge in [-0.25, -0.2) is 0 Å². The van der Waals surface area contributed by atoms with Gasteiger partial charge >= 0.3 is 0 Å². The molecule has 0 saturated heterocycles. The topological polar surface area (TPSA) is 49.4 Å². The van der Waals surface area contributed by atoms with Gasteiger partial charge in [-0.1, -0.05) is 37.5 Å². The number of fused-ring (bicyclic) bond motifs is 1. The minimum absolute atomic E-state index is 0.0206. The van der Waals surface area contributed by atoms with Crippen LogP contribution in [0.3, 0.4) is 0 Å². The number of carbonyl (C=O) groups is 2. The zero-order chi connectivity index (χ0) is 19.3. The van der Waals surface area contributed by atoms with Crippen molar-refractivity contribution in [2.75, 3.05) is 16.8 Å². The van der Waals surface area contributed by atoms with Crippen LogP contribution in [-0.4, -0.2) is 18.4 Å². The second-order valence-electron chi connectivity index (χ2n) is 8.02. The molecule has 146 valence electrons. The zero-order valence-electron chi connectivity index (χ0n) is 16.3. The van der Waals surface area contributed by atoms with Crippen LogP contribution in [0.25, 0.3) is 0 Å². The van der Waals surface area contributed by atoms with Crippen molar-refractivity contribution < 1.29 is 9.59 Å². The third-order valence-electron chi connectivity index (χ3n) is 5.97. The molecule has 0 bridgehead atoms. The summed E-state index contributed by atoms with van der Waals surface area (Å²) in [5.41, 5.74) is 3.66. The van der Waals surface area contributed by atoms with Gasteiger partial charge in [0.1, 0.15) is 0 Å². The fourth-order valence-corrected chi connectivity index (χ4v) is 4.46. The maximum absolute atomic E-state index is 13.0. The molecule has 0 radical (unpaired) electrons. The molecule has 28 heavy (non-hydrogen) atoms. The van der Waals surface area contributed by atoms with Crippen LogP contribution >= 0.6 is 0 Å². The molecule has 0 spiro atoms. The molecule has 4 rings (SSSR count). The fraction of sp³-hybridized carbons (Fsp3) is 0.417. The van der Waals surface area contributed by atoms with Crippen molar-refractivity contribution in [3.8, 4) is 0 Å². The lowest BCUT2D eigenvalue weighted by molar-refractivity contribution is -0.117. The summed E-state index contributed by atoms with van der Waals surface area (Å²) >= 11 is 0. The first kappa shape index (κ1) is 18.7. The first-order valence-electron chi connectivity index (χ1n) is 10.5. The maximum Gasteiger partial charge on any atom is 0.258 e. The van der Waals surface area contributed by atoms with Crippen LogP contribution < -0.4 is 10.2 Å². The highest BCUT2D eigenvalue weighted by Gasteiger charge is 2.23. The highest BCUT2D eigenvalue weighted by Crippen LogP contribution is 2.29. The predicted molar refractivity (Wildman–Crippen MR) is 113 cm³/mol. The van der Waals surface area contributed by atoms with Gasteiger partial charge in [0, 0.05) is 29.9 Å². The van der Waals surface area contributed by atoms with Gasteiger partial charge in [-0.2, -0.15) is 0 Å². The molecule has 2 aliphatic rings. The number of aryl methyl sites for hydroxylation is 1. The molecule has 2 aromatic rings. The van der Waals surface area contributed by atoms with Gasteiger partial charge in [0.25, 0.3) is 5.91 Å². The van der Waals surface area contributed by atoms with Crippen molar-refractivity contribution in [2.24, 2.45) is 5.92 Å². The summed E-state index contributed by atoms with van der Waals surface area (Å²) in [4.78, 5) is 27.2. The fourth-order valence-electron chi connectivity index (χ4n) is 4.46. The quantitative estimate of drug-likeness (QED) is 0.798. The summed E-state index contributed by atoms with van der Waals surface area (Å²) in [5, 5.41) is 2.99. The molecule has 4 heteroatoms. The largest absolute Gasteiger partial charge is 0.326 e. The van der Waals surface area contributed by atoms with Crippen LogP contribution in [0.2, 0.25) is 0 Å². The smallest absolute Gasteiger partial charge is 0.258 e. The summed E-state index contributed by atoms with van der Waals surface area (Å²) < 4.78 is 0. The van der Waals surface area contributed by atoms with Gasteiger partial charge < -0.3 is 10.2 Å². The number of hydrogen-bond acceptors (Lipinski definition) is 2. The summed E-state index contributed by atoms with van der Waals surface area (Å²) in [7, 11) is 0. The van der Waals surface area contributed by atoms with Crippen molar-refractivity contribution >= 4 is 23.2 Å². The lowest BCUT2D eigenvalue weighted by Gasteiger charge is -2.29. The number of benzene rings is 2. The highest BCUT2D eigenvalue weighted by atomic mass is 16.2. The summed E-state index contributed by atoms with van der Waals surface area (Å²) in [6.45, 7) is 0.746. The van der Waals surface area contributed by atoms with Gasteiger partial charge in [-0.15, -0.1) is 0 Å². The Morgan fingerprint density at radius 1 is 0.929 bits per heavy atom. The van der Waals surface area contributed by atoms with E-state index in [1.807, 2.05) is 47.4 Å². The highest BCUT2D eigenvalue weighted by molar-refractivity contribution is 6.07. The Hall–Kier alpha value is -2.62. The first-order chi connectivity index (χ1) is 13.7. The molecule has 1 heterocycles. The molecule has 0 atom stereocenters. The summed E-state index contributed by atoms with van der Waals surface area (Å²) in [6, 6.07) is 15.4. The van der Waals surface area contributed by atoms with E-state index in [4.69, 9.17) is 0 Å². The number of anilines is 2. The normalized spacial score (nSPS) is 17.1. The van der Waals surface area contributed by atoms with Gasteiger partial charge in [0.05, 0.1) is 0 Å². The molecule has 4 nitrogen and oxygen atoms in total. The Labute approximate surface area is 166 Å². The maximum atomic E-state index is 13.0. The molecule has 2 aromatic carbocycles. The molecule has 1 aliphatic heterocycles. The van der Waals surface area contributed by atoms with Crippen molar-refractivity contribution in [2.45, 2.75) is 51.4 Å². The Balaban J connectivity index is 1.39. The lowest BCUT2D eigenvalue weighted by atomic mass is 9.87. The molecule has 1 N–H and O–H groups in total. The van der Waals surface area contributed by atoms with Crippen LogP contribution in [0.5, 0.6) is 0 Å². The third-order valence-corrected chi connectivity index (χ3v) is 5.97. The van der Waals surface area contributed by atoms with Crippen LogP contribution in [0, 0.1) is 5.92 Å². The number of para-hydroxylation sites is 1. The number of rotatable bonds is 4. The number of nitrogens with zero attached hydrogens (tertiary/aromatic N) is 1. The van der Waals surface area contributed by atoms with Crippen LogP contribution in [0.15, 0.2) is 48.5 Å². The van der Waals surface area contributed by atoms with Crippen LogP contribution in [0.1, 0.15) is 60.9 Å². The Morgan fingerprint density at radius 3 is 2.46 bits per heavy atom. The van der Waals surface area contributed by atoms with Gasteiger partial charge in [0.15, 0.2) is 0 Å². The van der Waals surface area contributed by atoms with Gasteiger partial charge in [0.2, 0.25) is 5.91 Å². The molecular formula is C24H28N2O2. The standard InChI is InChI=1S/C24H28N2O2/c27-23(17-18-7-2-1-3-8-18)25-21-14-12-20(13-15-21)24(28)26-16-6-10-19-9-4-5-11-22(19)26/h4-5,9,11-15,18H,1-3,6-8,10,16-17H2,(H,25,27). The molecule has 2 amide bonds. The summed E-state index contributed by atoms with van der Waals surface area (Å²) in [5.74, 6) is 0.622. The SMILES string of the molecule is O=C(CC1CCCCC1)Nc1ccc(C(=O)N2CCCc3ccccc32)cc1. The Kier molecular flexibility index (Phi) is 5.75. The van der Waals surface area contributed by atoms with E-state index in [-0.39, 0.29) is 11.8 Å². The molecule has 1 fully saturated rings. The Morgan fingerprint density at radius 2 is 1.68 bits per heavy atom. The van der Waals surface area contributed by atoms with E-state index in [0.717, 1.165) is 43.6 Å².